The first-order valence-corrected chi connectivity index (χ1v) is 8.23. The minimum Gasteiger partial charge on any atom is -0.435 e. The lowest BCUT2D eigenvalue weighted by molar-refractivity contribution is -0.208. The minimum absolute atomic E-state index is 0.112. The smallest absolute Gasteiger partial charge is 0.318 e. The van der Waals surface area contributed by atoms with Gasteiger partial charge < -0.3 is 9.47 Å². The molecule has 21 heavy (non-hydrogen) atoms. The predicted molar refractivity (Wildman–Crippen MR) is 85.8 cm³/mol. The molecule has 3 nitrogen and oxygen atoms in total. The lowest BCUT2D eigenvalue weighted by Gasteiger charge is -2.32. The van der Waals surface area contributed by atoms with E-state index < -0.39 is 12.2 Å². The second kappa shape index (κ2) is 9.78. The maximum Gasteiger partial charge on any atom is 0.318 e. The average molecular weight is 294 g/mol. The largest absolute Gasteiger partial charge is 0.435 e. The van der Waals surface area contributed by atoms with Gasteiger partial charge in [-0.3, -0.25) is 4.79 Å². The summed E-state index contributed by atoms with van der Waals surface area (Å²) in [7, 11) is 0. The first-order valence-electron chi connectivity index (χ1n) is 8.23. The zero-order chi connectivity index (χ0) is 15.7. The zero-order valence-corrected chi connectivity index (χ0v) is 13.6. The van der Waals surface area contributed by atoms with Crippen LogP contribution < -0.4 is 0 Å². The van der Waals surface area contributed by atoms with Crippen LogP contribution in [0.5, 0.6) is 0 Å². The van der Waals surface area contributed by atoms with Crippen molar-refractivity contribution in [1.82, 2.24) is 0 Å². The van der Waals surface area contributed by atoms with E-state index in [0.717, 1.165) is 25.7 Å². The molecule has 0 radical (unpaired) electrons. The standard InChI is InChI=1S/C18H30O3/c1-5-11-14(4)20-18(16-12-9-8-10-13-16)21-17(19)15(6-2)7-3/h6-7,14-16,18H,2-3,5,8-13H2,1,4H3. The molecule has 3 heteroatoms. The Kier molecular flexibility index (Phi) is 8.36. The molecule has 1 saturated carbocycles. The van der Waals surface area contributed by atoms with Gasteiger partial charge in [-0.1, -0.05) is 44.8 Å². The molecule has 0 heterocycles. The first kappa shape index (κ1) is 18.0. The highest BCUT2D eigenvalue weighted by Crippen LogP contribution is 2.30. The molecule has 2 unspecified atom stereocenters. The highest BCUT2D eigenvalue weighted by Gasteiger charge is 2.30. The number of hydrogen-bond acceptors (Lipinski definition) is 3. The van der Waals surface area contributed by atoms with Crippen molar-refractivity contribution in [3.63, 3.8) is 0 Å². The van der Waals surface area contributed by atoms with E-state index >= 15 is 0 Å². The van der Waals surface area contributed by atoms with Crippen LogP contribution in [0.4, 0.5) is 0 Å². The fourth-order valence-electron chi connectivity index (χ4n) is 2.83. The molecule has 0 aromatic heterocycles. The number of carbonyl (C=O) groups excluding carboxylic acids is 1. The van der Waals surface area contributed by atoms with Crippen molar-refractivity contribution < 1.29 is 14.3 Å². The van der Waals surface area contributed by atoms with Crippen LogP contribution in [0.25, 0.3) is 0 Å². The van der Waals surface area contributed by atoms with E-state index in [1.807, 2.05) is 6.92 Å². The van der Waals surface area contributed by atoms with Crippen molar-refractivity contribution in [2.24, 2.45) is 11.8 Å². The highest BCUT2D eigenvalue weighted by atomic mass is 16.7. The molecule has 120 valence electrons. The second-order valence-corrected chi connectivity index (χ2v) is 5.94. The Morgan fingerprint density at radius 1 is 1.24 bits per heavy atom. The van der Waals surface area contributed by atoms with Crippen molar-refractivity contribution in [2.75, 3.05) is 0 Å². The molecule has 0 aliphatic heterocycles. The van der Waals surface area contributed by atoms with E-state index in [-0.39, 0.29) is 12.1 Å². The Morgan fingerprint density at radius 3 is 2.38 bits per heavy atom. The summed E-state index contributed by atoms with van der Waals surface area (Å²) < 4.78 is 11.7. The van der Waals surface area contributed by atoms with E-state index in [0.29, 0.717) is 5.92 Å². The van der Waals surface area contributed by atoms with Gasteiger partial charge in [0.2, 0.25) is 6.29 Å². The van der Waals surface area contributed by atoms with Gasteiger partial charge >= 0.3 is 5.97 Å². The van der Waals surface area contributed by atoms with Crippen molar-refractivity contribution in [2.45, 2.75) is 71.2 Å². The van der Waals surface area contributed by atoms with Gasteiger partial charge in [0.1, 0.15) is 0 Å². The summed E-state index contributed by atoms with van der Waals surface area (Å²) >= 11 is 0. The van der Waals surface area contributed by atoms with Gasteiger partial charge in [-0.2, -0.15) is 0 Å². The lowest BCUT2D eigenvalue weighted by atomic mass is 9.88. The van der Waals surface area contributed by atoms with E-state index in [9.17, 15) is 4.79 Å². The molecule has 0 amide bonds. The van der Waals surface area contributed by atoms with Gasteiger partial charge in [0.25, 0.3) is 0 Å². The van der Waals surface area contributed by atoms with E-state index in [1.165, 1.54) is 19.3 Å². The number of rotatable bonds is 9. The Labute approximate surface area is 129 Å². The first-order chi connectivity index (χ1) is 10.1. The molecule has 1 aliphatic carbocycles. The topological polar surface area (TPSA) is 35.5 Å². The molecular formula is C18H30O3. The SMILES string of the molecule is C=CC(C=C)C(=O)OC(OC(C)CCC)C1CCCCC1. The number of hydrogen-bond donors (Lipinski definition) is 0. The third-order valence-electron chi connectivity index (χ3n) is 4.11. The van der Waals surface area contributed by atoms with Gasteiger partial charge in [0, 0.05) is 5.92 Å². The molecule has 1 aliphatic rings. The van der Waals surface area contributed by atoms with E-state index in [1.54, 1.807) is 12.2 Å². The van der Waals surface area contributed by atoms with Crippen molar-refractivity contribution in [3.05, 3.63) is 25.3 Å². The van der Waals surface area contributed by atoms with Crippen LogP contribution in [-0.2, 0) is 14.3 Å². The third-order valence-corrected chi connectivity index (χ3v) is 4.11. The van der Waals surface area contributed by atoms with Crippen molar-refractivity contribution >= 4 is 5.97 Å². The predicted octanol–water partition coefficient (Wildman–Crippen LogP) is 4.63. The van der Waals surface area contributed by atoms with E-state index in [2.05, 4.69) is 20.1 Å². The maximum atomic E-state index is 12.2. The maximum absolute atomic E-state index is 12.2. The van der Waals surface area contributed by atoms with Crippen LogP contribution in [0.15, 0.2) is 25.3 Å². The summed E-state index contributed by atoms with van der Waals surface area (Å²) in [6, 6.07) is 0. The van der Waals surface area contributed by atoms with Crippen molar-refractivity contribution in [3.8, 4) is 0 Å². The Balaban J connectivity index is 2.67. The Hall–Kier alpha value is -1.09. The molecule has 0 N–H and O–H groups in total. The summed E-state index contributed by atoms with van der Waals surface area (Å²) in [4.78, 5) is 12.2. The summed E-state index contributed by atoms with van der Waals surface area (Å²) in [6.07, 6.45) is 10.6. The fourth-order valence-corrected chi connectivity index (χ4v) is 2.83. The molecular weight excluding hydrogens is 264 g/mol. The third kappa shape index (κ3) is 6.04. The minimum atomic E-state index is -0.457. The van der Waals surface area contributed by atoms with Crippen molar-refractivity contribution in [1.29, 1.82) is 0 Å². The van der Waals surface area contributed by atoms with Crippen LogP contribution in [-0.4, -0.2) is 18.4 Å². The van der Waals surface area contributed by atoms with Gasteiger partial charge in [-0.15, -0.1) is 13.2 Å². The van der Waals surface area contributed by atoms with E-state index in [4.69, 9.17) is 9.47 Å². The molecule has 0 saturated heterocycles. The summed E-state index contributed by atoms with van der Waals surface area (Å²) in [5.41, 5.74) is 0. The van der Waals surface area contributed by atoms with Crippen LogP contribution in [0, 0.1) is 11.8 Å². The lowest BCUT2D eigenvalue weighted by Crippen LogP contribution is -2.35. The molecule has 0 aromatic carbocycles. The van der Waals surface area contributed by atoms with Gasteiger partial charge in [-0.05, 0) is 26.2 Å². The van der Waals surface area contributed by atoms with Gasteiger partial charge in [0.15, 0.2) is 0 Å². The van der Waals surface area contributed by atoms with Crippen LogP contribution in [0.1, 0.15) is 58.8 Å². The molecule has 1 fully saturated rings. The molecule has 0 spiro atoms. The number of esters is 1. The van der Waals surface area contributed by atoms with Gasteiger partial charge in [-0.25, -0.2) is 0 Å². The summed E-state index contributed by atoms with van der Waals surface area (Å²) in [5.74, 6) is -0.447. The number of ether oxygens (including phenoxy) is 2. The zero-order valence-electron chi connectivity index (χ0n) is 13.6. The highest BCUT2D eigenvalue weighted by molar-refractivity contribution is 5.76. The van der Waals surface area contributed by atoms with Crippen LogP contribution in [0.2, 0.25) is 0 Å². The monoisotopic (exact) mass is 294 g/mol. The molecule has 0 bridgehead atoms. The summed E-state index contributed by atoms with van der Waals surface area (Å²) in [6.45, 7) is 11.5. The molecule has 2 atom stereocenters. The van der Waals surface area contributed by atoms with Crippen LogP contribution >= 0.6 is 0 Å². The quantitative estimate of drug-likeness (QED) is 0.353. The second-order valence-electron chi connectivity index (χ2n) is 5.94. The fraction of sp³-hybridized carbons (Fsp3) is 0.722. The average Bonchev–Trinajstić information content (AvgIpc) is 2.49. The van der Waals surface area contributed by atoms with Gasteiger partial charge in [0.05, 0.1) is 12.0 Å². The Morgan fingerprint density at radius 2 is 1.86 bits per heavy atom. The Bertz CT molecular complexity index is 323. The number of carbonyl (C=O) groups is 1. The molecule has 0 aromatic rings. The molecule has 1 rings (SSSR count). The summed E-state index contributed by atoms with van der Waals surface area (Å²) in [5, 5.41) is 0. The van der Waals surface area contributed by atoms with Crippen LogP contribution in [0.3, 0.4) is 0 Å². The normalized spacial score (nSPS) is 19.0.